The number of carbonyl (C=O) groups excluding carboxylic acids is 3. The fraction of sp³-hybridized carbons (Fsp3) is 0.221. The van der Waals surface area contributed by atoms with Crippen molar-refractivity contribution in [2.45, 2.75) is 33.9 Å². The molecule has 7 aromatic rings. The topological polar surface area (TPSA) is 226 Å². The van der Waals surface area contributed by atoms with Crippen LogP contribution < -0.4 is 69.1 Å². The Labute approximate surface area is 505 Å². The van der Waals surface area contributed by atoms with Crippen molar-refractivity contribution in [3.05, 3.63) is 191 Å². The summed E-state index contributed by atoms with van der Waals surface area (Å²) in [7, 11) is 15.8. The lowest BCUT2D eigenvalue weighted by atomic mass is 10.1. The minimum atomic E-state index is -0.273. The monoisotopic (exact) mass is 1180 g/mol. The number of amides is 1. The Morgan fingerprint density at radius 2 is 0.849 bits per heavy atom. The Balaban J connectivity index is 0.000000323. The number of methoxy groups -OCH3 is 10. The summed E-state index contributed by atoms with van der Waals surface area (Å²) in [5, 5.41) is 18.5. The summed E-state index contributed by atoms with van der Waals surface area (Å²) in [6, 6.07) is 36.2. The van der Waals surface area contributed by atoms with Crippen molar-refractivity contribution in [3.63, 3.8) is 0 Å². The van der Waals surface area contributed by atoms with Gasteiger partial charge < -0.3 is 74.2 Å². The van der Waals surface area contributed by atoms with E-state index in [1.165, 1.54) is 31.4 Å². The number of carbonyl (C=O) groups is 3. The van der Waals surface area contributed by atoms with E-state index in [0.717, 1.165) is 51.2 Å². The van der Waals surface area contributed by atoms with Crippen LogP contribution in [-0.4, -0.2) is 94.7 Å². The molecule has 0 aromatic heterocycles. The lowest BCUT2D eigenvalue weighted by molar-refractivity contribution is -0.111. The number of hydrogen-bond acceptors (Lipinski definition) is 17. The van der Waals surface area contributed by atoms with Crippen LogP contribution >= 0.6 is 0 Å². The van der Waals surface area contributed by atoms with Crippen LogP contribution in [0.2, 0.25) is 0 Å². The molecule has 0 bridgehead atoms. The molecule has 0 aliphatic heterocycles. The molecule has 0 aliphatic rings. The number of ether oxygens (including phenoxy) is 10. The average molecular weight is 1180 g/mol. The van der Waals surface area contributed by atoms with Crippen molar-refractivity contribution in [1.29, 1.82) is 0 Å². The number of anilines is 4. The number of aldehydes is 2. The highest BCUT2D eigenvalue weighted by molar-refractivity contribution is 6.03. The minimum Gasteiger partial charge on any atom is -0.508 e. The second kappa shape index (κ2) is 38.3. The van der Waals surface area contributed by atoms with Crippen LogP contribution in [0.15, 0.2) is 152 Å². The molecule has 0 radical (unpaired) electrons. The predicted molar refractivity (Wildman–Crippen MR) is 345 cm³/mol. The molecule has 1 amide bonds. The van der Waals surface area contributed by atoms with E-state index in [4.69, 9.17) is 58.2 Å². The molecule has 6 N–H and O–H groups in total. The van der Waals surface area contributed by atoms with Gasteiger partial charge in [-0.3, -0.25) is 14.4 Å². The molecule has 7 aromatic carbocycles. The van der Waals surface area contributed by atoms with Crippen molar-refractivity contribution < 1.29 is 66.9 Å². The zero-order valence-corrected chi connectivity index (χ0v) is 51.2. The van der Waals surface area contributed by atoms with Crippen LogP contribution in [0.1, 0.15) is 69.3 Å². The largest absolute Gasteiger partial charge is 0.508 e. The van der Waals surface area contributed by atoms with Crippen molar-refractivity contribution in [2.75, 3.05) is 92.8 Å². The van der Waals surface area contributed by atoms with Gasteiger partial charge in [-0.25, -0.2) is 0 Å². The third-order valence-corrected chi connectivity index (χ3v) is 12.0. The maximum atomic E-state index is 12.2. The van der Waals surface area contributed by atoms with Gasteiger partial charge in [-0.2, -0.15) is 0 Å². The van der Waals surface area contributed by atoms with E-state index in [-0.39, 0.29) is 11.7 Å². The van der Waals surface area contributed by atoms with E-state index in [1.54, 1.807) is 94.3 Å². The summed E-state index contributed by atoms with van der Waals surface area (Å²) in [6.45, 7) is 10.3. The Morgan fingerprint density at radius 3 is 1.23 bits per heavy atom. The quantitative estimate of drug-likeness (QED) is 0.0174. The Kier molecular flexibility index (Phi) is 31.1. The second-order valence-electron chi connectivity index (χ2n) is 17.7. The molecule has 0 heterocycles. The van der Waals surface area contributed by atoms with Crippen LogP contribution in [0.5, 0.6) is 63.2 Å². The van der Waals surface area contributed by atoms with Gasteiger partial charge in [0.1, 0.15) is 28.7 Å². The third-order valence-electron chi connectivity index (χ3n) is 12.0. The molecule has 86 heavy (non-hydrogen) atoms. The van der Waals surface area contributed by atoms with Crippen molar-refractivity contribution in [1.82, 2.24) is 0 Å². The number of hydrogen-bond donors (Lipinski definition) is 5. The number of phenolic OH excluding ortho intramolecular Hbond substituents is 1. The molecule has 0 aliphatic carbocycles. The first kappa shape index (κ1) is 69.8. The van der Waals surface area contributed by atoms with Gasteiger partial charge in [-0.1, -0.05) is 72.8 Å². The number of nitrogen functional groups attached to an aromatic ring is 1. The number of allylic oxidation sites excluding steroid dienone is 3. The summed E-state index contributed by atoms with van der Waals surface area (Å²) >= 11 is 0. The number of nitrogens with one attached hydrogen (secondary N) is 3. The van der Waals surface area contributed by atoms with E-state index in [0.29, 0.717) is 93.6 Å². The number of benzene rings is 7. The number of aromatic hydroxyl groups is 1. The van der Waals surface area contributed by atoms with Gasteiger partial charge in [-0.15, -0.1) is 6.58 Å². The van der Waals surface area contributed by atoms with Gasteiger partial charge >= 0.3 is 0 Å². The first-order valence-corrected chi connectivity index (χ1v) is 26.7. The van der Waals surface area contributed by atoms with E-state index in [1.807, 2.05) is 118 Å². The van der Waals surface area contributed by atoms with Gasteiger partial charge in [0.05, 0.1) is 93.6 Å². The van der Waals surface area contributed by atoms with Crippen LogP contribution in [0.4, 0.5) is 22.7 Å². The average Bonchev–Trinajstić information content (AvgIpc) is 2.86. The van der Waals surface area contributed by atoms with Gasteiger partial charge in [0, 0.05) is 72.0 Å². The molecule has 7 rings (SSSR count). The number of nitrogens with two attached hydrogens (primary N) is 1. The summed E-state index contributed by atoms with van der Waals surface area (Å²) in [5.41, 5.74) is 14.6. The fourth-order valence-corrected chi connectivity index (χ4v) is 7.85. The van der Waals surface area contributed by atoms with Crippen LogP contribution in [-0.2, 0) is 17.9 Å². The summed E-state index contributed by atoms with van der Waals surface area (Å²) in [4.78, 5) is 33.1. The Morgan fingerprint density at radius 1 is 0.477 bits per heavy atom. The SMILES string of the molecule is C/C=C/c1ccc(C=O)c(OC)c1.C/C=C/c1ccc(CNc2cc(OC)c(OC)c(OC)c2)c(OC)c1.C=CC.COc1cc(/C=C/C(=O)Nc2ccccc2N)ccc1CNc1cc(OC)c(OC)c(OC)c1.COc1cc(O)ccc1C=O. The van der Waals surface area contributed by atoms with Gasteiger partial charge in [0.25, 0.3) is 0 Å². The highest BCUT2D eigenvalue weighted by Gasteiger charge is 2.16. The van der Waals surface area contributed by atoms with Crippen LogP contribution in [0.25, 0.3) is 18.2 Å². The smallest absolute Gasteiger partial charge is 0.248 e. The highest BCUT2D eigenvalue weighted by Crippen LogP contribution is 2.41. The molecule has 0 atom stereocenters. The van der Waals surface area contributed by atoms with Crippen LogP contribution in [0.3, 0.4) is 0 Å². The molecule has 0 fully saturated rings. The van der Waals surface area contributed by atoms with Gasteiger partial charge in [-0.05, 0) is 92.1 Å². The standard InChI is InChI=1S/C26H29N3O5.C20H25NO4.C11H12O2.C8H8O3.C3H6/c1-31-22-13-17(10-12-25(30)29-21-8-6-5-7-20(21)27)9-11-18(22)16-28-19-14-23(32-2)26(34-4)24(15-19)33-3;1-6-7-14-8-9-15(17(10-14)22-2)13-21-16-11-18(23-3)20(25-5)19(12-16)24-4;1-3-4-9-5-6-10(8-12)11(7-9)13-2;1-11-8-4-7(10)3-2-6(8)5-9;1-3-2/h5-15,28H,16,27H2,1-4H3,(H,29,30);6-12,21H,13H2,1-5H3;3-8H,1-2H3;2-5,10H,1H3;3H,1H2,2H3/b12-10+;7-6+;4-3+;;. The Bertz CT molecular complexity index is 3320. The molecule has 0 saturated heterocycles. The number of para-hydroxylation sites is 2. The molecule has 0 saturated carbocycles. The molecule has 0 unspecified atom stereocenters. The molecule has 18 heteroatoms. The maximum Gasteiger partial charge on any atom is 0.248 e. The zero-order chi connectivity index (χ0) is 63.4. The normalized spacial score (nSPS) is 10.2. The first-order chi connectivity index (χ1) is 41.6. The molecular weight excluding hydrogens is 1100 g/mol. The van der Waals surface area contributed by atoms with E-state index in [2.05, 4.69) is 34.7 Å². The molecule has 18 nitrogen and oxygen atoms in total. The second-order valence-corrected chi connectivity index (χ2v) is 17.7. The Hall–Kier alpha value is -10.5. The summed E-state index contributed by atoms with van der Waals surface area (Å²) in [6.07, 6.45) is 14.3. The van der Waals surface area contributed by atoms with E-state index < -0.39 is 0 Å². The van der Waals surface area contributed by atoms with E-state index in [9.17, 15) is 14.4 Å². The first-order valence-electron chi connectivity index (χ1n) is 26.7. The minimum absolute atomic E-state index is 0.0902. The summed E-state index contributed by atoms with van der Waals surface area (Å²) < 4.78 is 53.2. The maximum absolute atomic E-state index is 12.2. The fourth-order valence-electron chi connectivity index (χ4n) is 7.85. The lowest BCUT2D eigenvalue weighted by Crippen LogP contribution is -2.09. The molecule has 0 spiro atoms. The third kappa shape index (κ3) is 21.7. The highest BCUT2D eigenvalue weighted by atomic mass is 16.5. The predicted octanol–water partition coefficient (Wildman–Crippen LogP) is 13.9. The zero-order valence-electron chi connectivity index (χ0n) is 51.2. The lowest BCUT2D eigenvalue weighted by Gasteiger charge is -2.16. The van der Waals surface area contributed by atoms with Crippen molar-refractivity contribution >= 4 is 59.5 Å². The number of phenols is 1. The summed E-state index contributed by atoms with van der Waals surface area (Å²) in [5.74, 6) is 5.81. The van der Waals surface area contributed by atoms with Crippen molar-refractivity contribution in [3.8, 4) is 63.2 Å². The van der Waals surface area contributed by atoms with Crippen LogP contribution in [0, 0.1) is 0 Å². The van der Waals surface area contributed by atoms with Gasteiger partial charge in [0.2, 0.25) is 17.4 Å². The van der Waals surface area contributed by atoms with Gasteiger partial charge in [0.15, 0.2) is 35.6 Å². The number of rotatable bonds is 23. The molecule has 456 valence electrons. The molecular formula is C68H80N4O14. The van der Waals surface area contributed by atoms with Crippen molar-refractivity contribution in [2.24, 2.45) is 0 Å². The van der Waals surface area contributed by atoms with E-state index >= 15 is 0 Å².